The van der Waals surface area contributed by atoms with Gasteiger partial charge in [0, 0.05) is 30.6 Å². The quantitative estimate of drug-likeness (QED) is 0.744. The summed E-state index contributed by atoms with van der Waals surface area (Å²) >= 11 is 0. The molecule has 3 unspecified atom stereocenters. The minimum absolute atomic E-state index is 0.0627. The second-order valence-corrected chi connectivity index (χ2v) is 7.66. The average Bonchev–Trinajstić information content (AvgIpc) is 2.65. The molecule has 0 radical (unpaired) electrons. The highest BCUT2D eigenvalue weighted by atomic mass is 16.5. The molecule has 3 atom stereocenters. The van der Waals surface area contributed by atoms with E-state index < -0.39 is 0 Å². The Balaban J connectivity index is 2.39. The molecule has 7 heteroatoms. The van der Waals surface area contributed by atoms with Crippen molar-refractivity contribution < 1.29 is 19.1 Å². The first kappa shape index (κ1) is 22.0. The summed E-state index contributed by atoms with van der Waals surface area (Å²) in [5.74, 6) is 0.625. The molecule has 1 aliphatic heterocycles. The summed E-state index contributed by atoms with van der Waals surface area (Å²) in [7, 11) is 3.05. The van der Waals surface area contributed by atoms with E-state index in [0.717, 1.165) is 19.3 Å². The van der Waals surface area contributed by atoms with Gasteiger partial charge < -0.3 is 25.4 Å². The van der Waals surface area contributed by atoms with Crippen molar-refractivity contribution in [2.24, 2.45) is 5.73 Å². The first-order valence-electron chi connectivity index (χ1n) is 9.92. The number of carbonyl (C=O) groups is 2. The Bertz CT molecular complexity index is 695. The van der Waals surface area contributed by atoms with Gasteiger partial charge in [0.1, 0.15) is 0 Å². The molecule has 1 saturated heterocycles. The van der Waals surface area contributed by atoms with Crippen LogP contribution >= 0.6 is 0 Å². The number of amides is 2. The molecule has 2 amide bonds. The number of benzene rings is 1. The van der Waals surface area contributed by atoms with Crippen molar-refractivity contribution in [2.45, 2.75) is 71.0 Å². The molecule has 1 fully saturated rings. The monoisotopic (exact) mass is 391 g/mol. The zero-order valence-electron chi connectivity index (χ0n) is 17.6. The van der Waals surface area contributed by atoms with Gasteiger partial charge in [-0.1, -0.05) is 0 Å². The molecule has 2 rings (SSSR count). The van der Waals surface area contributed by atoms with Gasteiger partial charge in [0.15, 0.2) is 11.5 Å². The summed E-state index contributed by atoms with van der Waals surface area (Å²) < 4.78 is 10.7. The molecule has 156 valence electrons. The van der Waals surface area contributed by atoms with E-state index in [-0.39, 0.29) is 36.4 Å². The van der Waals surface area contributed by atoms with Crippen molar-refractivity contribution in [3.63, 3.8) is 0 Å². The fourth-order valence-corrected chi connectivity index (χ4v) is 3.69. The minimum atomic E-state index is -0.182. The third-order valence-electron chi connectivity index (χ3n) is 5.28. The van der Waals surface area contributed by atoms with Crippen molar-refractivity contribution in [1.29, 1.82) is 0 Å². The number of ether oxygens (including phenoxy) is 2. The molecule has 3 N–H and O–H groups in total. The summed E-state index contributed by atoms with van der Waals surface area (Å²) in [6, 6.07) is 3.52. The Morgan fingerprint density at radius 2 is 1.75 bits per heavy atom. The zero-order chi connectivity index (χ0) is 20.8. The van der Waals surface area contributed by atoms with Crippen LogP contribution in [0.25, 0.3) is 0 Å². The molecular weight excluding hydrogens is 358 g/mol. The maximum absolute atomic E-state index is 13.4. The molecule has 0 spiro atoms. The summed E-state index contributed by atoms with van der Waals surface area (Å²) in [6.07, 6.45) is 3.91. The lowest BCUT2D eigenvalue weighted by molar-refractivity contribution is -0.116. The molecule has 1 aromatic carbocycles. The van der Waals surface area contributed by atoms with Gasteiger partial charge in [-0.3, -0.25) is 9.59 Å². The number of likely N-dealkylation sites (tertiary alicyclic amines) is 1. The van der Waals surface area contributed by atoms with Crippen molar-refractivity contribution >= 4 is 17.5 Å². The third-order valence-corrected chi connectivity index (χ3v) is 5.28. The van der Waals surface area contributed by atoms with Crippen molar-refractivity contribution in [2.75, 3.05) is 19.5 Å². The van der Waals surface area contributed by atoms with E-state index in [0.29, 0.717) is 29.2 Å². The number of nitrogens with zero attached hydrogens (tertiary/aromatic N) is 1. The van der Waals surface area contributed by atoms with E-state index in [9.17, 15) is 9.59 Å². The van der Waals surface area contributed by atoms with Gasteiger partial charge in [-0.15, -0.1) is 0 Å². The molecule has 1 aromatic rings. The number of rotatable bonds is 7. The SMILES string of the molecule is COc1cc(NC(=O)CCC(C)N)c(C(=O)N2C(C)CCCC2C)cc1OC. The average molecular weight is 392 g/mol. The van der Waals surface area contributed by atoms with Crippen LogP contribution in [-0.4, -0.2) is 49.1 Å². The molecule has 1 aliphatic rings. The van der Waals surface area contributed by atoms with Gasteiger partial charge in [0.05, 0.1) is 25.5 Å². The summed E-state index contributed by atoms with van der Waals surface area (Å²) in [5, 5.41) is 2.86. The maximum atomic E-state index is 13.4. The largest absolute Gasteiger partial charge is 0.493 e. The van der Waals surface area contributed by atoms with E-state index in [1.54, 1.807) is 12.1 Å². The molecule has 1 heterocycles. The smallest absolute Gasteiger partial charge is 0.256 e. The Hall–Kier alpha value is -2.28. The molecule has 0 aliphatic carbocycles. The second kappa shape index (κ2) is 9.78. The van der Waals surface area contributed by atoms with E-state index in [4.69, 9.17) is 15.2 Å². The van der Waals surface area contributed by atoms with Crippen LogP contribution in [0.3, 0.4) is 0 Å². The molecule has 0 bridgehead atoms. The second-order valence-electron chi connectivity index (χ2n) is 7.66. The number of hydrogen-bond acceptors (Lipinski definition) is 5. The van der Waals surface area contributed by atoms with Gasteiger partial charge in [-0.25, -0.2) is 0 Å². The van der Waals surface area contributed by atoms with Crippen molar-refractivity contribution in [3.8, 4) is 11.5 Å². The van der Waals surface area contributed by atoms with Crippen molar-refractivity contribution in [3.05, 3.63) is 17.7 Å². The Morgan fingerprint density at radius 1 is 1.18 bits per heavy atom. The zero-order valence-corrected chi connectivity index (χ0v) is 17.6. The summed E-state index contributed by atoms with van der Waals surface area (Å²) in [6.45, 7) is 5.99. The van der Waals surface area contributed by atoms with Gasteiger partial charge in [0.25, 0.3) is 5.91 Å². The lowest BCUT2D eigenvalue weighted by Gasteiger charge is -2.39. The van der Waals surface area contributed by atoms with Crippen LogP contribution in [-0.2, 0) is 4.79 Å². The standard InChI is InChI=1S/C21H33N3O4/c1-13(22)9-10-20(25)23-17-12-19(28-5)18(27-4)11-16(17)21(26)24-14(2)7-6-8-15(24)3/h11-15H,6-10,22H2,1-5H3,(H,23,25). The lowest BCUT2D eigenvalue weighted by atomic mass is 9.96. The topological polar surface area (TPSA) is 93.9 Å². The summed E-state index contributed by atoms with van der Waals surface area (Å²) in [4.78, 5) is 27.7. The van der Waals surface area contributed by atoms with Crippen LogP contribution in [0.1, 0.15) is 63.2 Å². The molecule has 0 aromatic heterocycles. The van der Waals surface area contributed by atoms with Gasteiger partial charge in [-0.05, 0) is 52.5 Å². The van der Waals surface area contributed by atoms with E-state index in [1.165, 1.54) is 14.2 Å². The van der Waals surface area contributed by atoms with Crippen LogP contribution in [0, 0.1) is 0 Å². The number of hydrogen-bond donors (Lipinski definition) is 2. The van der Waals surface area contributed by atoms with Crippen LogP contribution in [0.5, 0.6) is 11.5 Å². The fraction of sp³-hybridized carbons (Fsp3) is 0.619. The van der Waals surface area contributed by atoms with Crippen LogP contribution in [0.4, 0.5) is 5.69 Å². The molecular formula is C21H33N3O4. The van der Waals surface area contributed by atoms with Crippen LogP contribution in [0.15, 0.2) is 12.1 Å². The Labute approximate surface area is 167 Å². The van der Waals surface area contributed by atoms with E-state index in [1.807, 2.05) is 11.8 Å². The first-order valence-corrected chi connectivity index (χ1v) is 9.92. The molecule has 7 nitrogen and oxygen atoms in total. The Kier molecular flexibility index (Phi) is 7.69. The van der Waals surface area contributed by atoms with Gasteiger partial charge >= 0.3 is 0 Å². The number of carbonyl (C=O) groups excluding carboxylic acids is 2. The highest BCUT2D eigenvalue weighted by Crippen LogP contribution is 2.35. The number of methoxy groups -OCH3 is 2. The van der Waals surface area contributed by atoms with Crippen molar-refractivity contribution in [1.82, 2.24) is 4.90 Å². The maximum Gasteiger partial charge on any atom is 0.256 e. The molecule has 0 saturated carbocycles. The normalized spacial score (nSPS) is 20.4. The van der Waals surface area contributed by atoms with Crippen LogP contribution < -0.4 is 20.5 Å². The van der Waals surface area contributed by atoms with Gasteiger partial charge in [-0.2, -0.15) is 0 Å². The lowest BCUT2D eigenvalue weighted by Crippen LogP contribution is -2.47. The highest BCUT2D eigenvalue weighted by Gasteiger charge is 2.32. The number of nitrogens with two attached hydrogens (primary N) is 1. The predicted molar refractivity (Wildman–Crippen MR) is 110 cm³/mol. The predicted octanol–water partition coefficient (Wildman–Crippen LogP) is 3.17. The number of anilines is 1. The number of piperidine rings is 1. The molecule has 28 heavy (non-hydrogen) atoms. The van der Waals surface area contributed by atoms with E-state index in [2.05, 4.69) is 19.2 Å². The minimum Gasteiger partial charge on any atom is -0.493 e. The summed E-state index contributed by atoms with van der Waals surface area (Å²) in [5.41, 5.74) is 6.59. The first-order chi connectivity index (χ1) is 13.3. The van der Waals surface area contributed by atoms with Crippen LogP contribution in [0.2, 0.25) is 0 Å². The van der Waals surface area contributed by atoms with E-state index >= 15 is 0 Å². The number of nitrogens with one attached hydrogen (secondary N) is 1. The fourth-order valence-electron chi connectivity index (χ4n) is 3.69. The van der Waals surface area contributed by atoms with Gasteiger partial charge in [0.2, 0.25) is 5.91 Å². The third kappa shape index (κ3) is 5.16. The Morgan fingerprint density at radius 3 is 2.29 bits per heavy atom. The highest BCUT2D eigenvalue weighted by molar-refractivity contribution is 6.05.